The summed E-state index contributed by atoms with van der Waals surface area (Å²) >= 11 is 3.43. The summed E-state index contributed by atoms with van der Waals surface area (Å²) in [4.78, 5) is 0. The fraction of sp³-hybridized carbons (Fsp3) is 0.200. The topological polar surface area (TPSA) is 44.5 Å². The van der Waals surface area contributed by atoms with Gasteiger partial charge in [0.05, 0.1) is 25.8 Å². The van der Waals surface area contributed by atoms with Gasteiger partial charge in [-0.15, -0.1) is 0 Å². The molecule has 0 bridgehead atoms. The number of rotatable bonds is 4. The molecule has 3 nitrogen and oxygen atoms in total. The summed E-state index contributed by atoms with van der Waals surface area (Å²) in [5.41, 5.74) is 7.29. The van der Waals surface area contributed by atoms with Crippen molar-refractivity contribution in [3.8, 4) is 11.5 Å². The Bertz CT molecular complexity index is 619. The van der Waals surface area contributed by atoms with E-state index in [4.69, 9.17) is 15.2 Å². The monoisotopic (exact) mass is 339 g/mol. The lowest BCUT2D eigenvalue weighted by Gasteiger charge is -2.18. The molecule has 1 atom stereocenters. The maximum absolute atomic E-state index is 14.1. The smallest absolute Gasteiger partial charge is 0.132 e. The molecular formula is C15H15BrFNO2. The van der Waals surface area contributed by atoms with Crippen LogP contribution < -0.4 is 15.2 Å². The normalized spacial score (nSPS) is 12.1. The second kappa shape index (κ2) is 6.24. The minimum Gasteiger partial charge on any atom is -0.497 e. The zero-order chi connectivity index (χ0) is 14.7. The molecule has 106 valence electrons. The van der Waals surface area contributed by atoms with Crippen LogP contribution in [0.15, 0.2) is 40.9 Å². The Kier molecular flexibility index (Phi) is 4.62. The third-order valence-corrected chi connectivity index (χ3v) is 3.77. The first-order valence-electron chi connectivity index (χ1n) is 6.00. The summed E-state index contributed by atoms with van der Waals surface area (Å²) in [5.74, 6) is 0.744. The third kappa shape index (κ3) is 2.78. The van der Waals surface area contributed by atoms with Crippen LogP contribution in [-0.4, -0.2) is 14.2 Å². The molecule has 0 radical (unpaired) electrons. The van der Waals surface area contributed by atoms with Crippen molar-refractivity contribution in [3.05, 3.63) is 57.8 Å². The fourth-order valence-electron chi connectivity index (χ4n) is 2.04. The van der Waals surface area contributed by atoms with Gasteiger partial charge in [-0.2, -0.15) is 0 Å². The highest BCUT2D eigenvalue weighted by molar-refractivity contribution is 9.10. The standard InChI is InChI=1S/C15H15BrFNO2/c1-19-9-6-7-10(11(16)8-9)15(18)14-12(17)4-3-5-13(14)20-2/h3-8,15H,18H2,1-2H3. The van der Waals surface area contributed by atoms with E-state index in [2.05, 4.69) is 15.9 Å². The molecule has 20 heavy (non-hydrogen) atoms. The lowest BCUT2D eigenvalue weighted by molar-refractivity contribution is 0.401. The second-order valence-electron chi connectivity index (χ2n) is 4.22. The Morgan fingerprint density at radius 1 is 1.15 bits per heavy atom. The molecule has 0 amide bonds. The largest absolute Gasteiger partial charge is 0.497 e. The summed E-state index contributed by atoms with van der Waals surface area (Å²) in [6.07, 6.45) is 0. The molecule has 5 heteroatoms. The van der Waals surface area contributed by atoms with Gasteiger partial charge < -0.3 is 15.2 Å². The van der Waals surface area contributed by atoms with E-state index in [1.54, 1.807) is 37.4 Å². The van der Waals surface area contributed by atoms with Gasteiger partial charge in [0.2, 0.25) is 0 Å². The minimum atomic E-state index is -0.633. The average Bonchev–Trinajstić information content (AvgIpc) is 2.46. The van der Waals surface area contributed by atoms with Crippen molar-refractivity contribution in [1.29, 1.82) is 0 Å². The number of hydrogen-bond donors (Lipinski definition) is 1. The zero-order valence-corrected chi connectivity index (χ0v) is 12.8. The molecule has 2 rings (SSSR count). The molecule has 2 aromatic carbocycles. The Morgan fingerprint density at radius 3 is 2.50 bits per heavy atom. The van der Waals surface area contributed by atoms with Gasteiger partial charge in [0.25, 0.3) is 0 Å². The molecule has 0 spiro atoms. The van der Waals surface area contributed by atoms with Gasteiger partial charge in [0.1, 0.15) is 17.3 Å². The van der Waals surface area contributed by atoms with Crippen LogP contribution in [0.25, 0.3) is 0 Å². The van der Waals surface area contributed by atoms with Crippen molar-refractivity contribution in [2.24, 2.45) is 5.73 Å². The van der Waals surface area contributed by atoms with Crippen LogP contribution in [-0.2, 0) is 0 Å². The highest BCUT2D eigenvalue weighted by Crippen LogP contribution is 2.35. The minimum absolute atomic E-state index is 0.334. The molecule has 0 aliphatic heterocycles. The van der Waals surface area contributed by atoms with Gasteiger partial charge in [-0.3, -0.25) is 0 Å². The zero-order valence-electron chi connectivity index (χ0n) is 11.2. The Balaban J connectivity index is 2.49. The predicted octanol–water partition coefficient (Wildman–Crippen LogP) is 3.65. The molecule has 2 N–H and O–H groups in total. The van der Waals surface area contributed by atoms with Crippen molar-refractivity contribution in [1.82, 2.24) is 0 Å². The molecular weight excluding hydrogens is 325 g/mol. The van der Waals surface area contributed by atoms with Gasteiger partial charge in [0, 0.05) is 4.47 Å². The van der Waals surface area contributed by atoms with Crippen molar-refractivity contribution in [2.75, 3.05) is 14.2 Å². The summed E-state index contributed by atoms with van der Waals surface area (Å²) < 4.78 is 25.1. The summed E-state index contributed by atoms with van der Waals surface area (Å²) in [6.45, 7) is 0. The highest BCUT2D eigenvalue weighted by atomic mass is 79.9. The maximum atomic E-state index is 14.1. The molecule has 0 aliphatic carbocycles. The Labute approximate surface area is 125 Å². The number of hydrogen-bond acceptors (Lipinski definition) is 3. The van der Waals surface area contributed by atoms with E-state index >= 15 is 0 Å². The van der Waals surface area contributed by atoms with E-state index in [0.29, 0.717) is 17.1 Å². The van der Waals surface area contributed by atoms with Crippen molar-refractivity contribution in [2.45, 2.75) is 6.04 Å². The molecule has 2 aromatic rings. The van der Waals surface area contributed by atoms with Gasteiger partial charge in [0.15, 0.2) is 0 Å². The van der Waals surface area contributed by atoms with Gasteiger partial charge in [-0.1, -0.05) is 28.1 Å². The second-order valence-corrected chi connectivity index (χ2v) is 5.08. The number of halogens is 2. The van der Waals surface area contributed by atoms with E-state index in [0.717, 1.165) is 10.0 Å². The first-order valence-corrected chi connectivity index (χ1v) is 6.79. The summed E-state index contributed by atoms with van der Waals surface area (Å²) in [6, 6.07) is 9.40. The first-order chi connectivity index (χ1) is 9.58. The number of nitrogens with two attached hydrogens (primary N) is 1. The average molecular weight is 340 g/mol. The highest BCUT2D eigenvalue weighted by Gasteiger charge is 2.20. The van der Waals surface area contributed by atoms with Crippen molar-refractivity contribution >= 4 is 15.9 Å². The lowest BCUT2D eigenvalue weighted by atomic mass is 9.98. The van der Waals surface area contributed by atoms with E-state index < -0.39 is 6.04 Å². The first kappa shape index (κ1) is 14.8. The number of methoxy groups -OCH3 is 2. The van der Waals surface area contributed by atoms with Gasteiger partial charge in [-0.05, 0) is 29.8 Å². The van der Waals surface area contributed by atoms with Crippen LogP contribution in [0, 0.1) is 5.82 Å². The number of ether oxygens (including phenoxy) is 2. The van der Waals surface area contributed by atoms with E-state index in [1.807, 2.05) is 0 Å². The summed E-state index contributed by atoms with van der Waals surface area (Å²) in [7, 11) is 3.08. The van der Waals surface area contributed by atoms with E-state index in [9.17, 15) is 4.39 Å². The molecule has 0 aliphatic rings. The van der Waals surface area contributed by atoms with Crippen LogP contribution >= 0.6 is 15.9 Å². The SMILES string of the molecule is COc1ccc(C(N)c2c(F)cccc2OC)c(Br)c1. The lowest BCUT2D eigenvalue weighted by Crippen LogP contribution is -2.15. The molecule has 1 unspecified atom stereocenters. The van der Waals surface area contributed by atoms with Crippen LogP contribution in [0.5, 0.6) is 11.5 Å². The molecule has 0 aromatic heterocycles. The maximum Gasteiger partial charge on any atom is 0.132 e. The predicted molar refractivity (Wildman–Crippen MR) is 79.7 cm³/mol. The number of benzene rings is 2. The van der Waals surface area contributed by atoms with Gasteiger partial charge >= 0.3 is 0 Å². The van der Waals surface area contributed by atoms with Crippen LogP contribution in [0.2, 0.25) is 0 Å². The van der Waals surface area contributed by atoms with E-state index in [-0.39, 0.29) is 5.82 Å². The van der Waals surface area contributed by atoms with Crippen LogP contribution in [0.4, 0.5) is 4.39 Å². The quantitative estimate of drug-likeness (QED) is 0.924. The van der Waals surface area contributed by atoms with Crippen LogP contribution in [0.1, 0.15) is 17.2 Å². The third-order valence-electron chi connectivity index (χ3n) is 3.09. The Morgan fingerprint density at radius 2 is 1.90 bits per heavy atom. The van der Waals surface area contributed by atoms with Crippen molar-refractivity contribution < 1.29 is 13.9 Å². The molecule has 0 saturated carbocycles. The fourth-order valence-corrected chi connectivity index (χ4v) is 2.64. The van der Waals surface area contributed by atoms with Crippen molar-refractivity contribution in [3.63, 3.8) is 0 Å². The van der Waals surface area contributed by atoms with Gasteiger partial charge in [-0.25, -0.2) is 4.39 Å². The summed E-state index contributed by atoms with van der Waals surface area (Å²) in [5, 5.41) is 0. The van der Waals surface area contributed by atoms with Crippen LogP contribution in [0.3, 0.4) is 0 Å². The molecule has 0 fully saturated rings. The Hall–Kier alpha value is -1.59. The molecule has 0 heterocycles. The molecule has 0 saturated heterocycles. The van der Waals surface area contributed by atoms with E-state index in [1.165, 1.54) is 13.2 Å².